The molecule has 0 radical (unpaired) electrons. The largest absolute Gasteiger partial charge is 0.497 e. The molecule has 0 unspecified atom stereocenters. The molecule has 7 nitrogen and oxygen atoms in total. The lowest BCUT2D eigenvalue weighted by molar-refractivity contribution is 0.102. The molecule has 0 aliphatic heterocycles. The van der Waals surface area contributed by atoms with E-state index in [0.29, 0.717) is 23.3 Å². The van der Waals surface area contributed by atoms with Gasteiger partial charge in [0.15, 0.2) is 0 Å². The number of benzene rings is 2. The third-order valence-corrected chi connectivity index (χ3v) is 3.72. The van der Waals surface area contributed by atoms with E-state index in [1.807, 2.05) is 0 Å². The number of aromatic nitrogens is 2. The van der Waals surface area contributed by atoms with Crippen LogP contribution >= 0.6 is 0 Å². The van der Waals surface area contributed by atoms with Crippen LogP contribution in [0.5, 0.6) is 11.5 Å². The summed E-state index contributed by atoms with van der Waals surface area (Å²) in [6, 6.07) is 9.33. The molecule has 0 aliphatic rings. The van der Waals surface area contributed by atoms with Crippen LogP contribution < -0.4 is 20.1 Å². The van der Waals surface area contributed by atoms with Gasteiger partial charge in [0.1, 0.15) is 28.8 Å². The first kappa shape index (κ1) is 19.0. The normalized spacial score (nSPS) is 10.3. The lowest BCUT2D eigenvalue weighted by atomic mass is 10.2. The van der Waals surface area contributed by atoms with Gasteiger partial charge in [0.25, 0.3) is 5.91 Å². The summed E-state index contributed by atoms with van der Waals surface area (Å²) >= 11 is 0. The standard InChI is InChI=1S/C19H16F2N4O3/c1-27-12-4-6-15(17(10-12)28-2)24-19-22-8-7-16(25-19)18(26)23-14-5-3-11(20)9-13(14)21/h3-10H,1-2H3,(H,23,26)(H,22,24,25). The fourth-order valence-corrected chi connectivity index (χ4v) is 2.34. The number of hydrogen-bond donors (Lipinski definition) is 2. The molecule has 0 fully saturated rings. The van der Waals surface area contributed by atoms with Gasteiger partial charge in [-0.1, -0.05) is 0 Å². The quantitative estimate of drug-likeness (QED) is 0.671. The molecule has 3 rings (SSSR count). The van der Waals surface area contributed by atoms with Crippen molar-refractivity contribution in [2.75, 3.05) is 24.9 Å². The van der Waals surface area contributed by atoms with Crippen molar-refractivity contribution < 1.29 is 23.0 Å². The van der Waals surface area contributed by atoms with Crippen molar-refractivity contribution >= 4 is 23.2 Å². The van der Waals surface area contributed by atoms with E-state index in [2.05, 4.69) is 20.6 Å². The number of carbonyl (C=O) groups is 1. The van der Waals surface area contributed by atoms with Gasteiger partial charge in [-0.3, -0.25) is 4.79 Å². The number of carbonyl (C=O) groups excluding carboxylic acids is 1. The predicted molar refractivity (Wildman–Crippen MR) is 99.2 cm³/mol. The fraction of sp³-hybridized carbons (Fsp3) is 0.105. The van der Waals surface area contributed by atoms with E-state index >= 15 is 0 Å². The number of ether oxygens (including phenoxy) is 2. The van der Waals surface area contributed by atoms with Gasteiger partial charge in [0, 0.05) is 18.3 Å². The van der Waals surface area contributed by atoms with Crippen molar-refractivity contribution in [3.8, 4) is 11.5 Å². The molecule has 28 heavy (non-hydrogen) atoms. The van der Waals surface area contributed by atoms with Gasteiger partial charge in [-0.25, -0.2) is 18.7 Å². The summed E-state index contributed by atoms with van der Waals surface area (Å²) in [6.45, 7) is 0. The van der Waals surface area contributed by atoms with E-state index in [1.165, 1.54) is 26.5 Å². The maximum absolute atomic E-state index is 13.7. The van der Waals surface area contributed by atoms with Crippen LogP contribution in [-0.4, -0.2) is 30.1 Å². The van der Waals surface area contributed by atoms with E-state index in [0.717, 1.165) is 12.1 Å². The van der Waals surface area contributed by atoms with Gasteiger partial charge in [-0.2, -0.15) is 0 Å². The van der Waals surface area contributed by atoms with Crippen molar-refractivity contribution in [2.45, 2.75) is 0 Å². The summed E-state index contributed by atoms with van der Waals surface area (Å²) in [5, 5.41) is 5.29. The average molecular weight is 386 g/mol. The Morgan fingerprint density at radius 1 is 1.00 bits per heavy atom. The first-order valence-corrected chi connectivity index (χ1v) is 8.08. The van der Waals surface area contributed by atoms with Crippen LogP contribution in [0, 0.1) is 11.6 Å². The third-order valence-electron chi connectivity index (χ3n) is 3.72. The van der Waals surface area contributed by atoms with E-state index in [9.17, 15) is 13.6 Å². The molecule has 0 spiro atoms. The van der Waals surface area contributed by atoms with Crippen molar-refractivity contribution in [1.29, 1.82) is 0 Å². The second-order valence-corrected chi connectivity index (χ2v) is 5.53. The number of amides is 1. The first-order chi connectivity index (χ1) is 13.5. The number of nitrogens with one attached hydrogen (secondary N) is 2. The highest BCUT2D eigenvalue weighted by molar-refractivity contribution is 6.03. The van der Waals surface area contributed by atoms with Crippen LogP contribution in [-0.2, 0) is 0 Å². The van der Waals surface area contributed by atoms with E-state index in [1.54, 1.807) is 18.2 Å². The number of nitrogens with zero attached hydrogens (tertiary/aromatic N) is 2. The highest BCUT2D eigenvalue weighted by Crippen LogP contribution is 2.30. The number of methoxy groups -OCH3 is 2. The molecule has 2 N–H and O–H groups in total. The SMILES string of the molecule is COc1ccc(Nc2nccc(C(=O)Nc3ccc(F)cc3F)n2)c(OC)c1. The Morgan fingerprint density at radius 2 is 1.79 bits per heavy atom. The number of halogens is 2. The summed E-state index contributed by atoms with van der Waals surface area (Å²) in [5.41, 5.74) is 0.399. The molecule has 2 aromatic carbocycles. The topological polar surface area (TPSA) is 85.4 Å². The number of anilines is 3. The van der Waals surface area contributed by atoms with Crippen molar-refractivity contribution in [3.05, 3.63) is 66.0 Å². The van der Waals surface area contributed by atoms with Gasteiger partial charge >= 0.3 is 0 Å². The molecule has 1 heterocycles. The molecule has 0 saturated heterocycles. The Labute approximate surface area is 159 Å². The Bertz CT molecular complexity index is 1010. The molecule has 0 bridgehead atoms. The summed E-state index contributed by atoms with van der Waals surface area (Å²) in [4.78, 5) is 20.5. The fourth-order valence-electron chi connectivity index (χ4n) is 2.34. The molecule has 1 amide bonds. The minimum absolute atomic E-state index is 0.00583. The predicted octanol–water partition coefficient (Wildman–Crippen LogP) is 3.77. The Kier molecular flexibility index (Phi) is 5.64. The van der Waals surface area contributed by atoms with Crippen LogP contribution in [0.3, 0.4) is 0 Å². The van der Waals surface area contributed by atoms with Crippen LogP contribution in [0.1, 0.15) is 10.5 Å². The molecule has 9 heteroatoms. The van der Waals surface area contributed by atoms with Crippen molar-refractivity contribution in [1.82, 2.24) is 9.97 Å². The number of hydrogen-bond acceptors (Lipinski definition) is 6. The molecule has 0 saturated carbocycles. The van der Waals surface area contributed by atoms with Crippen molar-refractivity contribution in [3.63, 3.8) is 0 Å². The van der Waals surface area contributed by atoms with E-state index < -0.39 is 17.5 Å². The molecular formula is C19H16F2N4O3. The summed E-state index contributed by atoms with van der Waals surface area (Å²) in [5.74, 6) is -1.06. The Hall–Kier alpha value is -3.75. The van der Waals surface area contributed by atoms with Crippen LogP contribution in [0.25, 0.3) is 0 Å². The maximum Gasteiger partial charge on any atom is 0.274 e. The summed E-state index contributed by atoms with van der Waals surface area (Å²) in [6.07, 6.45) is 1.38. The van der Waals surface area contributed by atoms with Crippen LogP contribution in [0.2, 0.25) is 0 Å². The zero-order chi connectivity index (χ0) is 20.1. The Balaban J connectivity index is 1.79. The molecule has 0 atom stereocenters. The first-order valence-electron chi connectivity index (χ1n) is 8.08. The molecule has 144 valence electrons. The lowest BCUT2D eigenvalue weighted by Crippen LogP contribution is -2.15. The van der Waals surface area contributed by atoms with Gasteiger partial charge < -0.3 is 20.1 Å². The lowest BCUT2D eigenvalue weighted by Gasteiger charge is -2.12. The number of rotatable bonds is 6. The second kappa shape index (κ2) is 8.30. The molecule has 1 aromatic heterocycles. The highest BCUT2D eigenvalue weighted by Gasteiger charge is 2.13. The second-order valence-electron chi connectivity index (χ2n) is 5.53. The maximum atomic E-state index is 13.7. The minimum Gasteiger partial charge on any atom is -0.497 e. The van der Waals surface area contributed by atoms with E-state index in [4.69, 9.17) is 9.47 Å². The smallest absolute Gasteiger partial charge is 0.274 e. The minimum atomic E-state index is -0.885. The summed E-state index contributed by atoms with van der Waals surface area (Å²) in [7, 11) is 3.04. The average Bonchev–Trinajstić information content (AvgIpc) is 2.70. The van der Waals surface area contributed by atoms with Gasteiger partial charge in [0.05, 0.1) is 25.6 Å². The van der Waals surface area contributed by atoms with Gasteiger partial charge in [-0.15, -0.1) is 0 Å². The highest BCUT2D eigenvalue weighted by atomic mass is 19.1. The van der Waals surface area contributed by atoms with Crippen LogP contribution in [0.4, 0.5) is 26.1 Å². The van der Waals surface area contributed by atoms with Gasteiger partial charge in [0.2, 0.25) is 5.95 Å². The zero-order valence-corrected chi connectivity index (χ0v) is 15.0. The van der Waals surface area contributed by atoms with Crippen LogP contribution in [0.15, 0.2) is 48.7 Å². The Morgan fingerprint density at radius 3 is 2.50 bits per heavy atom. The summed E-state index contributed by atoms with van der Waals surface area (Å²) < 4.78 is 37.1. The molecular weight excluding hydrogens is 370 g/mol. The van der Waals surface area contributed by atoms with E-state index in [-0.39, 0.29) is 17.3 Å². The third kappa shape index (κ3) is 4.32. The van der Waals surface area contributed by atoms with Crippen molar-refractivity contribution in [2.24, 2.45) is 0 Å². The monoisotopic (exact) mass is 386 g/mol. The zero-order valence-electron chi connectivity index (χ0n) is 15.0. The van der Waals surface area contributed by atoms with Gasteiger partial charge in [-0.05, 0) is 30.3 Å². The molecule has 3 aromatic rings. The molecule has 0 aliphatic carbocycles.